The number of nitrogens with two attached hydrogens (primary N) is 2. The first-order valence-electron chi connectivity index (χ1n) is 9.01. The van der Waals surface area contributed by atoms with Crippen LogP contribution >= 0.6 is 0 Å². The molecule has 4 rings (SSSR count). The van der Waals surface area contributed by atoms with Gasteiger partial charge in [0.05, 0.1) is 11.3 Å². The SMILES string of the molecule is CC(=O)Nc1cccc(-c2cnc(N)c(-c3nnnn3-c3c(F)ccc(F)c3N)c2)c1. The van der Waals surface area contributed by atoms with Crippen LogP contribution in [0.25, 0.3) is 28.2 Å². The fourth-order valence-electron chi connectivity index (χ4n) is 3.07. The van der Waals surface area contributed by atoms with Gasteiger partial charge < -0.3 is 16.8 Å². The Hall–Kier alpha value is -4.41. The lowest BCUT2D eigenvalue weighted by Crippen LogP contribution is -2.09. The third kappa shape index (κ3) is 3.75. The first-order chi connectivity index (χ1) is 14.8. The second-order valence-electron chi connectivity index (χ2n) is 6.62. The monoisotopic (exact) mass is 422 g/mol. The van der Waals surface area contributed by atoms with E-state index in [-0.39, 0.29) is 28.8 Å². The summed E-state index contributed by atoms with van der Waals surface area (Å²) in [6, 6.07) is 10.6. The summed E-state index contributed by atoms with van der Waals surface area (Å²) in [5.41, 5.74) is 13.2. The van der Waals surface area contributed by atoms with Gasteiger partial charge in [-0.15, -0.1) is 5.10 Å². The molecule has 5 N–H and O–H groups in total. The van der Waals surface area contributed by atoms with Crippen LogP contribution in [-0.4, -0.2) is 31.1 Å². The number of nitrogens with zero attached hydrogens (tertiary/aromatic N) is 5. The standard InChI is InChI=1S/C20H16F2N8O/c1-10(31)26-13-4-2-3-11(7-13)12-8-14(19(24)25-9-12)20-27-28-29-30(20)18-16(22)6-5-15(21)17(18)23/h2-9H,23H2,1H3,(H2,24,25)(H,26,31). The topological polar surface area (TPSA) is 138 Å². The van der Waals surface area contributed by atoms with Crippen LogP contribution in [0.5, 0.6) is 0 Å². The molecule has 0 fully saturated rings. The molecule has 0 atom stereocenters. The Kier molecular flexibility index (Phi) is 4.99. The molecule has 0 radical (unpaired) electrons. The molecule has 0 bridgehead atoms. The fourth-order valence-corrected chi connectivity index (χ4v) is 3.07. The molecule has 0 aliphatic heterocycles. The molecule has 2 aromatic carbocycles. The molecule has 0 aliphatic carbocycles. The van der Waals surface area contributed by atoms with E-state index in [2.05, 4.69) is 25.8 Å². The summed E-state index contributed by atoms with van der Waals surface area (Å²) >= 11 is 0. The Balaban J connectivity index is 1.83. The molecule has 0 unspecified atom stereocenters. The van der Waals surface area contributed by atoms with Crippen LogP contribution in [0.3, 0.4) is 0 Å². The summed E-state index contributed by atoms with van der Waals surface area (Å²) in [4.78, 5) is 15.5. The number of nitrogen functional groups attached to an aromatic ring is 2. The minimum atomic E-state index is -0.813. The molecule has 11 heteroatoms. The summed E-state index contributed by atoms with van der Waals surface area (Å²) in [5, 5.41) is 13.9. The van der Waals surface area contributed by atoms with Crippen LogP contribution in [-0.2, 0) is 4.79 Å². The Morgan fingerprint density at radius 3 is 2.61 bits per heavy atom. The molecular formula is C20H16F2N8O. The molecular weight excluding hydrogens is 406 g/mol. The maximum atomic E-state index is 14.4. The molecule has 156 valence electrons. The smallest absolute Gasteiger partial charge is 0.221 e. The van der Waals surface area contributed by atoms with Crippen molar-refractivity contribution in [2.24, 2.45) is 0 Å². The molecule has 1 amide bonds. The van der Waals surface area contributed by atoms with Gasteiger partial charge in [-0.05, 0) is 46.3 Å². The molecule has 4 aromatic rings. The zero-order chi connectivity index (χ0) is 22.1. The Morgan fingerprint density at radius 1 is 1.06 bits per heavy atom. The van der Waals surface area contributed by atoms with Gasteiger partial charge in [0.2, 0.25) is 5.91 Å². The quantitative estimate of drug-likeness (QED) is 0.430. The number of nitrogens with one attached hydrogen (secondary N) is 1. The largest absolute Gasteiger partial charge is 0.395 e. The average Bonchev–Trinajstić information content (AvgIpc) is 3.20. The zero-order valence-electron chi connectivity index (χ0n) is 16.2. The van der Waals surface area contributed by atoms with Gasteiger partial charge in [0.1, 0.15) is 17.3 Å². The van der Waals surface area contributed by atoms with Crippen LogP contribution in [0.4, 0.5) is 26.0 Å². The Morgan fingerprint density at radius 2 is 1.84 bits per heavy atom. The first kappa shape index (κ1) is 19.9. The van der Waals surface area contributed by atoms with Crippen molar-refractivity contribution in [3.05, 3.63) is 60.3 Å². The van der Waals surface area contributed by atoms with Crippen molar-refractivity contribution in [2.45, 2.75) is 6.92 Å². The van der Waals surface area contributed by atoms with Crippen molar-refractivity contribution in [2.75, 3.05) is 16.8 Å². The molecule has 0 spiro atoms. The van der Waals surface area contributed by atoms with Gasteiger partial charge >= 0.3 is 0 Å². The number of anilines is 3. The highest BCUT2D eigenvalue weighted by atomic mass is 19.1. The maximum absolute atomic E-state index is 14.4. The number of pyridine rings is 1. The van der Waals surface area contributed by atoms with E-state index < -0.39 is 17.3 Å². The van der Waals surface area contributed by atoms with E-state index in [0.29, 0.717) is 11.3 Å². The maximum Gasteiger partial charge on any atom is 0.221 e. The van der Waals surface area contributed by atoms with Crippen molar-refractivity contribution in [3.8, 4) is 28.2 Å². The lowest BCUT2D eigenvalue weighted by atomic mass is 10.0. The lowest BCUT2D eigenvalue weighted by Gasteiger charge is -2.12. The first-order valence-corrected chi connectivity index (χ1v) is 9.01. The van der Waals surface area contributed by atoms with Gasteiger partial charge in [0.25, 0.3) is 0 Å². The number of carbonyl (C=O) groups is 1. The van der Waals surface area contributed by atoms with Gasteiger partial charge in [-0.2, -0.15) is 4.68 Å². The number of rotatable bonds is 4. The van der Waals surface area contributed by atoms with E-state index in [4.69, 9.17) is 11.5 Å². The van der Waals surface area contributed by atoms with Crippen LogP contribution < -0.4 is 16.8 Å². The molecule has 0 saturated heterocycles. The molecule has 0 saturated carbocycles. The molecule has 0 aliphatic rings. The number of hydrogen-bond acceptors (Lipinski definition) is 7. The van der Waals surface area contributed by atoms with Crippen LogP contribution in [0, 0.1) is 11.6 Å². The summed E-state index contributed by atoms with van der Waals surface area (Å²) in [6.07, 6.45) is 1.54. The van der Waals surface area contributed by atoms with Crippen molar-refractivity contribution in [1.29, 1.82) is 0 Å². The predicted octanol–water partition coefficient (Wildman–Crippen LogP) is 2.79. The van der Waals surface area contributed by atoms with Crippen molar-refractivity contribution < 1.29 is 13.6 Å². The van der Waals surface area contributed by atoms with E-state index >= 15 is 0 Å². The zero-order valence-corrected chi connectivity index (χ0v) is 16.2. The van der Waals surface area contributed by atoms with E-state index in [1.807, 2.05) is 6.07 Å². The van der Waals surface area contributed by atoms with Crippen molar-refractivity contribution in [1.82, 2.24) is 25.2 Å². The fraction of sp³-hybridized carbons (Fsp3) is 0.0500. The van der Waals surface area contributed by atoms with Crippen LogP contribution in [0.1, 0.15) is 6.92 Å². The summed E-state index contributed by atoms with van der Waals surface area (Å²) < 4.78 is 29.3. The van der Waals surface area contributed by atoms with Crippen molar-refractivity contribution >= 4 is 23.1 Å². The van der Waals surface area contributed by atoms with Gasteiger partial charge in [-0.25, -0.2) is 13.8 Å². The normalized spacial score (nSPS) is 10.8. The van der Waals surface area contributed by atoms with Crippen LogP contribution in [0.15, 0.2) is 48.7 Å². The van der Waals surface area contributed by atoms with Crippen LogP contribution in [0.2, 0.25) is 0 Å². The highest BCUT2D eigenvalue weighted by Gasteiger charge is 2.21. The summed E-state index contributed by atoms with van der Waals surface area (Å²) in [7, 11) is 0. The number of amides is 1. The van der Waals surface area contributed by atoms with E-state index in [9.17, 15) is 13.6 Å². The number of hydrogen-bond donors (Lipinski definition) is 3. The summed E-state index contributed by atoms with van der Waals surface area (Å²) in [5.74, 6) is -1.72. The van der Waals surface area contributed by atoms with E-state index in [1.54, 1.807) is 24.3 Å². The Labute approximate surface area is 174 Å². The second kappa shape index (κ2) is 7.78. The highest BCUT2D eigenvalue weighted by molar-refractivity contribution is 5.89. The third-order valence-corrected chi connectivity index (χ3v) is 4.47. The van der Waals surface area contributed by atoms with Gasteiger partial charge in [0.15, 0.2) is 11.6 Å². The van der Waals surface area contributed by atoms with Gasteiger partial charge in [0, 0.05) is 24.4 Å². The Bertz CT molecular complexity index is 1300. The minimum absolute atomic E-state index is 0.0288. The molecule has 31 heavy (non-hydrogen) atoms. The lowest BCUT2D eigenvalue weighted by molar-refractivity contribution is -0.114. The average molecular weight is 422 g/mol. The van der Waals surface area contributed by atoms with E-state index in [0.717, 1.165) is 22.4 Å². The second-order valence-corrected chi connectivity index (χ2v) is 6.62. The summed E-state index contributed by atoms with van der Waals surface area (Å²) in [6.45, 7) is 1.41. The number of halogens is 2. The molecule has 2 aromatic heterocycles. The number of tetrazole rings is 1. The van der Waals surface area contributed by atoms with Gasteiger partial charge in [-0.1, -0.05) is 12.1 Å². The number of aromatic nitrogens is 5. The number of carbonyl (C=O) groups excluding carboxylic acids is 1. The highest BCUT2D eigenvalue weighted by Crippen LogP contribution is 2.32. The number of benzene rings is 2. The van der Waals surface area contributed by atoms with Gasteiger partial charge in [-0.3, -0.25) is 4.79 Å². The van der Waals surface area contributed by atoms with Crippen molar-refractivity contribution in [3.63, 3.8) is 0 Å². The predicted molar refractivity (Wildman–Crippen MR) is 111 cm³/mol. The minimum Gasteiger partial charge on any atom is -0.395 e. The molecule has 2 heterocycles. The van der Waals surface area contributed by atoms with E-state index in [1.165, 1.54) is 13.1 Å². The third-order valence-electron chi connectivity index (χ3n) is 4.47. The molecule has 9 nitrogen and oxygen atoms in total.